The van der Waals surface area contributed by atoms with E-state index in [1.807, 2.05) is 0 Å². The predicted octanol–water partition coefficient (Wildman–Crippen LogP) is 2.72. The summed E-state index contributed by atoms with van der Waals surface area (Å²) in [7, 11) is 0. The number of carbonyl (C=O) groups excluding carboxylic acids is 2. The maximum Gasteiger partial charge on any atom is 0.324 e. The molecule has 16 heavy (non-hydrogen) atoms. The standard InChI is InChI=1S/C11H8Cl2O3/c1-11(5-9(14)16-10(11)15)7-3-2-6(12)4-8(7)13/h2-4H,5H2,1H3. The van der Waals surface area contributed by atoms with Crippen molar-refractivity contribution in [1.29, 1.82) is 0 Å². The van der Waals surface area contributed by atoms with Crippen LogP contribution in [0.1, 0.15) is 18.9 Å². The number of rotatable bonds is 1. The first-order valence-electron chi connectivity index (χ1n) is 4.64. The molecule has 1 aliphatic rings. The number of benzene rings is 1. The third-order valence-corrected chi connectivity index (χ3v) is 3.23. The van der Waals surface area contributed by atoms with Gasteiger partial charge in [0, 0.05) is 10.0 Å². The fourth-order valence-corrected chi connectivity index (χ4v) is 2.37. The zero-order chi connectivity index (χ0) is 11.9. The van der Waals surface area contributed by atoms with Crippen LogP contribution in [0.4, 0.5) is 0 Å². The van der Waals surface area contributed by atoms with Gasteiger partial charge in [0.15, 0.2) is 0 Å². The van der Waals surface area contributed by atoms with E-state index in [1.165, 1.54) is 0 Å². The average Bonchev–Trinajstić information content (AvgIpc) is 2.40. The molecule has 2 rings (SSSR count). The lowest BCUT2D eigenvalue weighted by molar-refractivity contribution is -0.153. The first kappa shape index (κ1) is 11.4. The first-order valence-corrected chi connectivity index (χ1v) is 5.40. The van der Waals surface area contributed by atoms with Crippen molar-refractivity contribution in [3.63, 3.8) is 0 Å². The number of halogens is 2. The highest BCUT2D eigenvalue weighted by molar-refractivity contribution is 6.35. The van der Waals surface area contributed by atoms with Gasteiger partial charge in [0.2, 0.25) is 0 Å². The summed E-state index contributed by atoms with van der Waals surface area (Å²) in [6, 6.07) is 4.81. The zero-order valence-corrected chi connectivity index (χ0v) is 9.93. The molecule has 5 heteroatoms. The molecule has 0 saturated carbocycles. The Kier molecular flexibility index (Phi) is 2.68. The molecule has 1 heterocycles. The number of hydrogen-bond acceptors (Lipinski definition) is 3. The molecule has 0 aliphatic carbocycles. The summed E-state index contributed by atoms with van der Waals surface area (Å²) >= 11 is 11.8. The Labute approximate surface area is 102 Å². The van der Waals surface area contributed by atoms with Gasteiger partial charge in [0.25, 0.3) is 0 Å². The van der Waals surface area contributed by atoms with Crippen molar-refractivity contribution in [3.8, 4) is 0 Å². The smallest absolute Gasteiger partial charge is 0.324 e. The predicted molar refractivity (Wildman–Crippen MR) is 59.5 cm³/mol. The minimum atomic E-state index is -1.00. The Morgan fingerprint density at radius 3 is 2.50 bits per heavy atom. The number of ether oxygens (including phenoxy) is 1. The van der Waals surface area contributed by atoms with Crippen LogP contribution in [-0.4, -0.2) is 11.9 Å². The van der Waals surface area contributed by atoms with Crippen molar-refractivity contribution in [2.45, 2.75) is 18.8 Å². The van der Waals surface area contributed by atoms with E-state index in [9.17, 15) is 9.59 Å². The van der Waals surface area contributed by atoms with Crippen molar-refractivity contribution >= 4 is 35.1 Å². The molecule has 0 amide bonds. The summed E-state index contributed by atoms with van der Waals surface area (Å²) in [6.45, 7) is 1.63. The molecule has 1 aromatic carbocycles. The maximum atomic E-state index is 11.6. The van der Waals surface area contributed by atoms with E-state index in [1.54, 1.807) is 25.1 Å². The summed E-state index contributed by atoms with van der Waals surface area (Å²) in [4.78, 5) is 22.7. The molecule has 1 aliphatic heterocycles. The molecule has 1 unspecified atom stereocenters. The lowest BCUT2D eigenvalue weighted by Gasteiger charge is -2.19. The quantitative estimate of drug-likeness (QED) is 0.575. The van der Waals surface area contributed by atoms with Gasteiger partial charge in [0.1, 0.15) is 5.41 Å². The highest BCUT2D eigenvalue weighted by Crippen LogP contribution is 2.39. The van der Waals surface area contributed by atoms with Crippen molar-refractivity contribution in [2.24, 2.45) is 0 Å². The van der Waals surface area contributed by atoms with Crippen molar-refractivity contribution < 1.29 is 14.3 Å². The maximum absolute atomic E-state index is 11.6. The van der Waals surface area contributed by atoms with Crippen LogP contribution in [-0.2, 0) is 19.7 Å². The molecule has 1 aromatic rings. The van der Waals surface area contributed by atoms with Crippen LogP contribution in [0.25, 0.3) is 0 Å². The van der Waals surface area contributed by atoms with Gasteiger partial charge in [-0.05, 0) is 24.6 Å². The van der Waals surface area contributed by atoms with Gasteiger partial charge in [-0.3, -0.25) is 9.59 Å². The molecule has 0 N–H and O–H groups in total. The van der Waals surface area contributed by atoms with Crippen molar-refractivity contribution in [3.05, 3.63) is 33.8 Å². The monoisotopic (exact) mass is 258 g/mol. The van der Waals surface area contributed by atoms with Gasteiger partial charge in [-0.25, -0.2) is 0 Å². The van der Waals surface area contributed by atoms with E-state index in [4.69, 9.17) is 23.2 Å². The fourth-order valence-electron chi connectivity index (χ4n) is 1.76. The van der Waals surface area contributed by atoms with E-state index in [2.05, 4.69) is 4.74 Å². The molecule has 0 spiro atoms. The molecule has 1 fully saturated rings. The molecule has 0 aromatic heterocycles. The summed E-state index contributed by atoms with van der Waals surface area (Å²) < 4.78 is 4.55. The minimum Gasteiger partial charge on any atom is -0.392 e. The van der Waals surface area contributed by atoms with Crippen LogP contribution < -0.4 is 0 Å². The SMILES string of the molecule is CC1(c2ccc(Cl)cc2Cl)CC(=O)OC1=O. The topological polar surface area (TPSA) is 43.4 Å². The lowest BCUT2D eigenvalue weighted by atomic mass is 9.81. The molecular formula is C11H8Cl2O3. The van der Waals surface area contributed by atoms with Crippen LogP contribution >= 0.6 is 23.2 Å². The second kappa shape index (κ2) is 3.75. The Hall–Kier alpha value is -1.06. The van der Waals surface area contributed by atoms with Crippen molar-refractivity contribution in [2.75, 3.05) is 0 Å². The summed E-state index contributed by atoms with van der Waals surface area (Å²) in [5, 5.41) is 0.844. The van der Waals surface area contributed by atoms with Gasteiger partial charge in [-0.15, -0.1) is 0 Å². The molecule has 3 nitrogen and oxygen atoms in total. The first-order chi connectivity index (χ1) is 7.43. The largest absolute Gasteiger partial charge is 0.392 e. The minimum absolute atomic E-state index is 0.00713. The molecule has 0 radical (unpaired) electrons. The summed E-state index contributed by atoms with van der Waals surface area (Å²) in [5.74, 6) is -1.10. The second-order valence-corrected chi connectivity index (χ2v) is 4.74. The summed E-state index contributed by atoms with van der Waals surface area (Å²) in [6.07, 6.45) is 0.00713. The lowest BCUT2D eigenvalue weighted by Crippen LogP contribution is -2.27. The molecule has 0 bridgehead atoms. The Balaban J connectivity index is 2.51. The Morgan fingerprint density at radius 2 is 2.00 bits per heavy atom. The Morgan fingerprint density at radius 1 is 1.31 bits per heavy atom. The third kappa shape index (κ3) is 1.70. The van der Waals surface area contributed by atoms with Crippen LogP contribution in [0.15, 0.2) is 18.2 Å². The fraction of sp³-hybridized carbons (Fsp3) is 0.273. The number of cyclic esters (lactones) is 2. The van der Waals surface area contributed by atoms with Gasteiger partial charge in [-0.1, -0.05) is 29.3 Å². The molecule has 1 atom stereocenters. The van der Waals surface area contributed by atoms with Crippen LogP contribution in [0.2, 0.25) is 10.0 Å². The van der Waals surface area contributed by atoms with E-state index >= 15 is 0 Å². The van der Waals surface area contributed by atoms with Crippen LogP contribution in [0.5, 0.6) is 0 Å². The van der Waals surface area contributed by atoms with Crippen LogP contribution in [0, 0.1) is 0 Å². The van der Waals surface area contributed by atoms with Gasteiger partial charge in [-0.2, -0.15) is 0 Å². The van der Waals surface area contributed by atoms with E-state index in [0.29, 0.717) is 15.6 Å². The van der Waals surface area contributed by atoms with E-state index in [0.717, 1.165) is 0 Å². The normalized spacial score (nSPS) is 24.7. The number of esters is 2. The van der Waals surface area contributed by atoms with E-state index < -0.39 is 17.4 Å². The highest BCUT2D eigenvalue weighted by Gasteiger charge is 2.47. The Bertz CT molecular complexity index is 484. The zero-order valence-electron chi connectivity index (χ0n) is 8.42. The van der Waals surface area contributed by atoms with Gasteiger partial charge in [0.05, 0.1) is 6.42 Å². The van der Waals surface area contributed by atoms with Crippen molar-refractivity contribution in [1.82, 2.24) is 0 Å². The molecule has 84 valence electrons. The third-order valence-electron chi connectivity index (χ3n) is 2.68. The number of carbonyl (C=O) groups is 2. The summed E-state index contributed by atoms with van der Waals surface area (Å²) in [5.41, 5.74) is -0.437. The van der Waals surface area contributed by atoms with Crippen LogP contribution in [0.3, 0.4) is 0 Å². The number of hydrogen-bond donors (Lipinski definition) is 0. The highest BCUT2D eigenvalue weighted by atomic mass is 35.5. The average molecular weight is 259 g/mol. The molecular weight excluding hydrogens is 251 g/mol. The van der Waals surface area contributed by atoms with Gasteiger partial charge < -0.3 is 4.74 Å². The van der Waals surface area contributed by atoms with E-state index in [-0.39, 0.29) is 6.42 Å². The molecule has 1 saturated heterocycles. The second-order valence-electron chi connectivity index (χ2n) is 3.89. The van der Waals surface area contributed by atoms with Gasteiger partial charge >= 0.3 is 11.9 Å².